The van der Waals surface area contributed by atoms with Crippen molar-refractivity contribution >= 4 is 44.4 Å². The molecule has 0 bridgehead atoms. The summed E-state index contributed by atoms with van der Waals surface area (Å²) in [4.78, 5) is 33.6. The van der Waals surface area contributed by atoms with Gasteiger partial charge in [-0.1, -0.05) is 23.8 Å². The first-order valence-corrected chi connectivity index (χ1v) is 12.9. The van der Waals surface area contributed by atoms with Gasteiger partial charge in [0.25, 0.3) is 0 Å². The molecule has 8 heteroatoms. The fourth-order valence-corrected chi connectivity index (χ4v) is 5.06. The van der Waals surface area contributed by atoms with Crippen molar-refractivity contribution in [2.45, 2.75) is 70.8 Å². The third kappa shape index (κ3) is 6.80. The van der Waals surface area contributed by atoms with Crippen LogP contribution in [-0.2, 0) is 9.53 Å². The molecule has 2 N–H and O–H groups in total. The number of unbranched alkanes of at least 4 members (excludes halogenated alkanes) is 2. The first-order valence-electron chi connectivity index (χ1n) is 12.1. The van der Waals surface area contributed by atoms with Crippen LogP contribution in [0.15, 0.2) is 30.5 Å². The summed E-state index contributed by atoms with van der Waals surface area (Å²) >= 11 is 1.43. The standard InChI is InChI=1S/C27H30N4O3S/c1-3-4-5-9-12-25(32)31-26-29-22-14-13-19(16-24(22)35-26)20-15-23(18(2)28-17-20)30-27(33)34-21-10-7-6-8-11-21/h1,13-17,21H,4-12H2,2H3,(H,30,33)(H,29,31,32). The summed E-state index contributed by atoms with van der Waals surface area (Å²) in [5, 5.41) is 6.32. The first kappa shape index (κ1) is 24.7. The Morgan fingerprint density at radius 2 is 1.97 bits per heavy atom. The zero-order chi connectivity index (χ0) is 24.6. The molecule has 0 unspecified atom stereocenters. The Morgan fingerprint density at radius 1 is 1.14 bits per heavy atom. The molecule has 182 valence electrons. The Kier molecular flexibility index (Phi) is 8.32. The number of benzene rings is 1. The second kappa shape index (κ2) is 11.8. The zero-order valence-electron chi connectivity index (χ0n) is 19.9. The van der Waals surface area contributed by atoms with E-state index in [9.17, 15) is 9.59 Å². The smallest absolute Gasteiger partial charge is 0.411 e. The summed E-state index contributed by atoms with van der Waals surface area (Å²) in [7, 11) is 0. The van der Waals surface area contributed by atoms with Crippen molar-refractivity contribution in [1.29, 1.82) is 0 Å². The SMILES string of the molecule is C#CCCCCC(=O)Nc1nc2ccc(-c3cnc(C)c(NC(=O)OC4CCCCC4)c3)cc2s1. The average Bonchev–Trinajstić information content (AvgIpc) is 3.25. The minimum atomic E-state index is -0.434. The number of terminal acetylenes is 1. The molecule has 35 heavy (non-hydrogen) atoms. The molecule has 1 aliphatic rings. The lowest BCUT2D eigenvalue weighted by molar-refractivity contribution is -0.116. The van der Waals surface area contributed by atoms with Crippen LogP contribution in [-0.4, -0.2) is 28.1 Å². The van der Waals surface area contributed by atoms with E-state index in [0.717, 1.165) is 65.6 Å². The van der Waals surface area contributed by atoms with Crippen molar-refractivity contribution in [2.75, 3.05) is 10.6 Å². The maximum atomic E-state index is 12.4. The summed E-state index contributed by atoms with van der Waals surface area (Å²) in [6, 6.07) is 7.82. The fourth-order valence-electron chi connectivity index (χ4n) is 4.14. The van der Waals surface area contributed by atoms with Crippen molar-refractivity contribution in [3.8, 4) is 23.5 Å². The van der Waals surface area contributed by atoms with Crippen LogP contribution in [0.2, 0.25) is 0 Å². The van der Waals surface area contributed by atoms with Gasteiger partial charge in [0.2, 0.25) is 5.91 Å². The van der Waals surface area contributed by atoms with Gasteiger partial charge in [0.15, 0.2) is 5.13 Å². The largest absolute Gasteiger partial charge is 0.446 e. The number of hydrogen-bond donors (Lipinski definition) is 2. The van der Waals surface area contributed by atoms with Crippen molar-refractivity contribution < 1.29 is 14.3 Å². The number of amides is 2. The van der Waals surface area contributed by atoms with Crippen LogP contribution in [0.4, 0.5) is 15.6 Å². The predicted octanol–water partition coefficient (Wildman–Crippen LogP) is 6.68. The van der Waals surface area contributed by atoms with E-state index in [4.69, 9.17) is 11.2 Å². The molecule has 2 heterocycles. The van der Waals surface area contributed by atoms with Gasteiger partial charge >= 0.3 is 6.09 Å². The highest BCUT2D eigenvalue weighted by atomic mass is 32.1. The normalized spacial score (nSPS) is 13.8. The van der Waals surface area contributed by atoms with Crippen molar-refractivity contribution in [3.05, 3.63) is 36.2 Å². The molecule has 0 aliphatic heterocycles. The number of anilines is 2. The minimum Gasteiger partial charge on any atom is -0.446 e. The molecule has 1 saturated carbocycles. The van der Waals surface area contributed by atoms with Crippen LogP contribution in [0, 0.1) is 19.3 Å². The van der Waals surface area contributed by atoms with Gasteiger partial charge in [-0.3, -0.25) is 15.1 Å². The Morgan fingerprint density at radius 3 is 2.77 bits per heavy atom. The van der Waals surface area contributed by atoms with Crippen LogP contribution >= 0.6 is 11.3 Å². The predicted molar refractivity (Wildman–Crippen MR) is 140 cm³/mol. The number of carbonyl (C=O) groups is 2. The average molecular weight is 491 g/mol. The van der Waals surface area contributed by atoms with Crippen molar-refractivity contribution in [2.24, 2.45) is 0 Å². The highest BCUT2D eigenvalue weighted by Gasteiger charge is 2.18. The van der Waals surface area contributed by atoms with E-state index in [0.29, 0.717) is 23.7 Å². The summed E-state index contributed by atoms with van der Waals surface area (Å²) in [6.07, 6.45) is 14.6. The maximum absolute atomic E-state index is 12.4. The monoisotopic (exact) mass is 490 g/mol. The van der Waals surface area contributed by atoms with E-state index in [1.54, 1.807) is 6.20 Å². The summed E-state index contributed by atoms with van der Waals surface area (Å²) in [6.45, 7) is 1.86. The van der Waals surface area contributed by atoms with Gasteiger partial charge in [0.05, 0.1) is 21.6 Å². The molecule has 1 aromatic carbocycles. The Hall–Kier alpha value is -3.44. The van der Waals surface area contributed by atoms with Crippen LogP contribution in [0.25, 0.3) is 21.3 Å². The van der Waals surface area contributed by atoms with E-state index in [-0.39, 0.29) is 12.0 Å². The van der Waals surface area contributed by atoms with Gasteiger partial charge in [-0.25, -0.2) is 9.78 Å². The molecule has 0 spiro atoms. The third-order valence-electron chi connectivity index (χ3n) is 6.09. The number of fused-ring (bicyclic) bond motifs is 1. The number of nitrogens with one attached hydrogen (secondary N) is 2. The maximum Gasteiger partial charge on any atom is 0.411 e. The van der Waals surface area contributed by atoms with Gasteiger partial charge in [0.1, 0.15) is 6.10 Å². The number of aromatic nitrogens is 2. The van der Waals surface area contributed by atoms with Gasteiger partial charge < -0.3 is 10.1 Å². The number of ether oxygens (including phenoxy) is 1. The van der Waals surface area contributed by atoms with E-state index < -0.39 is 6.09 Å². The molecular formula is C27H30N4O3S. The molecule has 7 nitrogen and oxygen atoms in total. The van der Waals surface area contributed by atoms with Gasteiger partial charge in [-0.05, 0) is 69.2 Å². The number of aryl methyl sites for hydroxylation is 1. The number of nitrogens with zero attached hydrogens (tertiary/aromatic N) is 2. The number of rotatable bonds is 8. The first-order chi connectivity index (χ1) is 17.0. The second-order valence-electron chi connectivity index (χ2n) is 8.81. The van der Waals surface area contributed by atoms with Gasteiger partial charge in [-0.15, -0.1) is 12.3 Å². The Bertz CT molecular complexity index is 1240. The van der Waals surface area contributed by atoms with Crippen LogP contribution in [0.3, 0.4) is 0 Å². The fraction of sp³-hybridized carbons (Fsp3) is 0.407. The van der Waals surface area contributed by atoms with E-state index in [2.05, 4.69) is 26.5 Å². The zero-order valence-corrected chi connectivity index (χ0v) is 20.7. The number of thiazole rings is 1. The minimum absolute atomic E-state index is 0.00781. The lowest BCUT2D eigenvalue weighted by atomic mass is 9.98. The van der Waals surface area contributed by atoms with Crippen molar-refractivity contribution in [3.63, 3.8) is 0 Å². The van der Waals surface area contributed by atoms with Crippen molar-refractivity contribution in [1.82, 2.24) is 9.97 Å². The third-order valence-corrected chi connectivity index (χ3v) is 7.03. The highest BCUT2D eigenvalue weighted by Crippen LogP contribution is 2.32. The molecule has 1 aliphatic carbocycles. The Balaban J connectivity index is 1.43. The number of hydrogen-bond acceptors (Lipinski definition) is 6. The lowest BCUT2D eigenvalue weighted by Crippen LogP contribution is -2.24. The molecular weight excluding hydrogens is 460 g/mol. The van der Waals surface area contributed by atoms with Crippen LogP contribution in [0.1, 0.15) is 63.5 Å². The van der Waals surface area contributed by atoms with E-state index in [1.807, 2.05) is 31.2 Å². The van der Waals surface area contributed by atoms with Crippen LogP contribution < -0.4 is 10.6 Å². The Labute approximate surface area is 209 Å². The molecule has 0 radical (unpaired) electrons. The summed E-state index contributed by atoms with van der Waals surface area (Å²) in [5.74, 6) is 2.53. The molecule has 1 fully saturated rings. The lowest BCUT2D eigenvalue weighted by Gasteiger charge is -2.22. The molecule has 3 aromatic rings. The molecule has 0 atom stereocenters. The van der Waals surface area contributed by atoms with E-state index >= 15 is 0 Å². The number of carbonyl (C=O) groups excluding carboxylic acids is 2. The van der Waals surface area contributed by atoms with Gasteiger partial charge in [0, 0.05) is 24.6 Å². The molecule has 2 aromatic heterocycles. The van der Waals surface area contributed by atoms with Crippen LogP contribution in [0.5, 0.6) is 0 Å². The van der Waals surface area contributed by atoms with E-state index in [1.165, 1.54) is 17.8 Å². The summed E-state index contributed by atoms with van der Waals surface area (Å²) < 4.78 is 6.55. The highest BCUT2D eigenvalue weighted by molar-refractivity contribution is 7.22. The van der Waals surface area contributed by atoms with Gasteiger partial charge in [-0.2, -0.15) is 0 Å². The summed E-state index contributed by atoms with van der Waals surface area (Å²) in [5.41, 5.74) is 3.99. The topological polar surface area (TPSA) is 93.2 Å². The molecule has 2 amide bonds. The molecule has 4 rings (SSSR count). The molecule has 0 saturated heterocycles. The second-order valence-corrected chi connectivity index (χ2v) is 9.84. The number of pyridine rings is 1. The quantitative estimate of drug-likeness (QED) is 0.271.